The molecule has 0 heterocycles. The van der Waals surface area contributed by atoms with E-state index < -0.39 is 6.10 Å². The Morgan fingerprint density at radius 3 is 0.649 bits per heavy atom. The van der Waals surface area contributed by atoms with Crippen LogP contribution in [-0.4, -0.2) is 37.2 Å². The normalized spacial score (nSPS) is 12.0. The molecular weight excluding hydrogens is 949 g/mol. The standard InChI is InChI=1S/C71H136O6/c1-4-7-10-13-16-19-22-25-27-29-31-33-34-35-36-37-39-40-42-44-46-49-52-55-58-61-64-70(73)76-67-68(66-75-69(72)63-60-57-54-51-48-24-21-18-15-12-9-6-3)77-71(74)65-62-59-56-53-50-47-45-43-41-38-32-30-28-26-23-20-17-14-11-8-5-2/h30,32,68H,4-29,31,33-67H2,1-3H3/b32-30-. The number of hydrogen-bond donors (Lipinski definition) is 0. The van der Waals surface area contributed by atoms with Crippen molar-refractivity contribution in [3.05, 3.63) is 12.2 Å². The zero-order valence-corrected chi connectivity index (χ0v) is 52.5. The van der Waals surface area contributed by atoms with E-state index in [2.05, 4.69) is 32.9 Å². The van der Waals surface area contributed by atoms with Crippen molar-refractivity contribution in [1.82, 2.24) is 0 Å². The van der Waals surface area contributed by atoms with Gasteiger partial charge in [-0.25, -0.2) is 0 Å². The Morgan fingerprint density at radius 2 is 0.429 bits per heavy atom. The summed E-state index contributed by atoms with van der Waals surface area (Å²) < 4.78 is 17.0. The molecule has 6 nitrogen and oxygen atoms in total. The fourth-order valence-electron chi connectivity index (χ4n) is 11.0. The summed E-state index contributed by atoms with van der Waals surface area (Å²) in [6.07, 6.45) is 79.6. The van der Waals surface area contributed by atoms with Crippen LogP contribution in [0.4, 0.5) is 0 Å². The van der Waals surface area contributed by atoms with Crippen LogP contribution in [0.3, 0.4) is 0 Å². The van der Waals surface area contributed by atoms with Gasteiger partial charge >= 0.3 is 17.9 Å². The fourth-order valence-corrected chi connectivity index (χ4v) is 11.0. The molecular formula is C71H136O6. The van der Waals surface area contributed by atoms with Gasteiger partial charge in [0.25, 0.3) is 0 Å². The van der Waals surface area contributed by atoms with Crippen molar-refractivity contribution in [1.29, 1.82) is 0 Å². The number of carbonyl (C=O) groups is 3. The Balaban J connectivity index is 4.18. The molecule has 0 aliphatic heterocycles. The van der Waals surface area contributed by atoms with Crippen LogP contribution in [0.15, 0.2) is 12.2 Å². The van der Waals surface area contributed by atoms with E-state index in [0.29, 0.717) is 19.3 Å². The highest BCUT2D eigenvalue weighted by molar-refractivity contribution is 5.71. The Hall–Kier alpha value is -1.85. The lowest BCUT2D eigenvalue weighted by molar-refractivity contribution is -0.167. The smallest absolute Gasteiger partial charge is 0.306 e. The first-order valence-electron chi connectivity index (χ1n) is 35.2. The van der Waals surface area contributed by atoms with Crippen LogP contribution in [0.25, 0.3) is 0 Å². The molecule has 0 fully saturated rings. The molecule has 0 radical (unpaired) electrons. The van der Waals surface area contributed by atoms with Gasteiger partial charge in [0, 0.05) is 19.3 Å². The van der Waals surface area contributed by atoms with Crippen molar-refractivity contribution in [3.8, 4) is 0 Å². The maximum Gasteiger partial charge on any atom is 0.306 e. The molecule has 456 valence electrons. The van der Waals surface area contributed by atoms with E-state index in [4.69, 9.17) is 14.2 Å². The Morgan fingerprint density at radius 1 is 0.247 bits per heavy atom. The predicted molar refractivity (Wildman–Crippen MR) is 335 cm³/mol. The summed E-state index contributed by atoms with van der Waals surface area (Å²) in [5.41, 5.74) is 0. The lowest BCUT2D eigenvalue weighted by Gasteiger charge is -2.18. The average Bonchev–Trinajstić information content (AvgIpc) is 3.43. The lowest BCUT2D eigenvalue weighted by Crippen LogP contribution is -2.30. The van der Waals surface area contributed by atoms with Crippen LogP contribution < -0.4 is 0 Å². The highest BCUT2D eigenvalue weighted by atomic mass is 16.6. The number of allylic oxidation sites excluding steroid dienone is 2. The minimum atomic E-state index is -0.767. The number of carbonyl (C=O) groups excluding carboxylic acids is 3. The first-order valence-corrected chi connectivity index (χ1v) is 35.2. The third kappa shape index (κ3) is 64.9. The number of hydrogen-bond acceptors (Lipinski definition) is 6. The van der Waals surface area contributed by atoms with Crippen molar-refractivity contribution in [2.75, 3.05) is 13.2 Å². The lowest BCUT2D eigenvalue weighted by atomic mass is 10.0. The van der Waals surface area contributed by atoms with Crippen molar-refractivity contribution in [2.45, 2.75) is 412 Å². The third-order valence-corrected chi connectivity index (χ3v) is 16.3. The van der Waals surface area contributed by atoms with Gasteiger partial charge in [0.1, 0.15) is 13.2 Å². The molecule has 0 saturated heterocycles. The first kappa shape index (κ1) is 75.2. The second-order valence-corrected chi connectivity index (χ2v) is 24.2. The monoisotopic (exact) mass is 1090 g/mol. The number of ether oxygens (including phenoxy) is 3. The quantitative estimate of drug-likeness (QED) is 0.0261. The first-order chi connectivity index (χ1) is 38.0. The molecule has 0 aliphatic rings. The molecule has 0 amide bonds. The van der Waals surface area contributed by atoms with Gasteiger partial charge in [-0.05, 0) is 44.9 Å². The Kier molecular flexibility index (Phi) is 65.1. The summed E-state index contributed by atoms with van der Waals surface area (Å²) in [5, 5.41) is 0. The maximum atomic E-state index is 12.9. The Labute approximate surface area is 481 Å². The minimum absolute atomic E-state index is 0.0640. The van der Waals surface area contributed by atoms with Crippen LogP contribution >= 0.6 is 0 Å². The molecule has 6 heteroatoms. The molecule has 0 aromatic rings. The highest BCUT2D eigenvalue weighted by Crippen LogP contribution is 2.19. The number of unbranched alkanes of at least 4 members (excludes halogenated alkanes) is 53. The van der Waals surface area contributed by atoms with Crippen LogP contribution in [-0.2, 0) is 28.6 Å². The molecule has 1 atom stereocenters. The van der Waals surface area contributed by atoms with Crippen molar-refractivity contribution < 1.29 is 28.6 Å². The Bertz CT molecular complexity index is 1200. The van der Waals surface area contributed by atoms with E-state index in [0.717, 1.165) is 57.8 Å². The minimum Gasteiger partial charge on any atom is -0.462 e. The zero-order valence-electron chi connectivity index (χ0n) is 52.5. The predicted octanol–water partition coefficient (Wildman–Crippen LogP) is 24.0. The van der Waals surface area contributed by atoms with Crippen molar-refractivity contribution >= 4 is 17.9 Å². The summed E-state index contributed by atoms with van der Waals surface area (Å²) in [5.74, 6) is -0.832. The number of esters is 3. The molecule has 0 rings (SSSR count). The van der Waals surface area contributed by atoms with Gasteiger partial charge in [-0.3, -0.25) is 14.4 Å². The van der Waals surface area contributed by atoms with Crippen LogP contribution in [0, 0.1) is 0 Å². The SMILES string of the molecule is CCCCCCCCCC/C=C\CCCCCCCCCCCC(=O)OC(COC(=O)CCCCCCCCCCCCCC)COC(=O)CCCCCCCCCCCCCCCCCCCCCCCCCCCC. The summed E-state index contributed by atoms with van der Waals surface area (Å²) in [7, 11) is 0. The second kappa shape index (κ2) is 66.7. The van der Waals surface area contributed by atoms with E-state index in [-0.39, 0.29) is 31.1 Å². The fraction of sp³-hybridized carbons (Fsp3) is 0.930. The van der Waals surface area contributed by atoms with Gasteiger partial charge < -0.3 is 14.2 Å². The summed E-state index contributed by atoms with van der Waals surface area (Å²) in [4.78, 5) is 38.4. The molecule has 0 saturated carbocycles. The molecule has 1 unspecified atom stereocenters. The molecule has 0 bridgehead atoms. The maximum absolute atomic E-state index is 12.9. The third-order valence-electron chi connectivity index (χ3n) is 16.3. The van der Waals surface area contributed by atoms with Gasteiger partial charge in [0.15, 0.2) is 6.10 Å². The highest BCUT2D eigenvalue weighted by Gasteiger charge is 2.19. The molecule has 0 N–H and O–H groups in total. The summed E-state index contributed by atoms with van der Waals surface area (Å²) >= 11 is 0. The van der Waals surface area contributed by atoms with Crippen molar-refractivity contribution in [2.24, 2.45) is 0 Å². The summed E-state index contributed by atoms with van der Waals surface area (Å²) in [6.45, 7) is 6.72. The zero-order chi connectivity index (χ0) is 55.7. The molecule has 0 aliphatic carbocycles. The average molecular weight is 1090 g/mol. The van der Waals surface area contributed by atoms with Gasteiger partial charge in [-0.1, -0.05) is 354 Å². The van der Waals surface area contributed by atoms with E-state index in [1.807, 2.05) is 0 Å². The largest absolute Gasteiger partial charge is 0.462 e. The van der Waals surface area contributed by atoms with Gasteiger partial charge in [0.2, 0.25) is 0 Å². The van der Waals surface area contributed by atoms with Crippen molar-refractivity contribution in [3.63, 3.8) is 0 Å². The van der Waals surface area contributed by atoms with E-state index in [1.54, 1.807) is 0 Å². The van der Waals surface area contributed by atoms with Crippen LogP contribution in [0.2, 0.25) is 0 Å². The second-order valence-electron chi connectivity index (χ2n) is 24.2. The molecule has 0 aromatic heterocycles. The molecule has 0 spiro atoms. The molecule has 0 aromatic carbocycles. The van der Waals surface area contributed by atoms with Crippen LogP contribution in [0.1, 0.15) is 406 Å². The summed E-state index contributed by atoms with van der Waals surface area (Å²) in [6, 6.07) is 0. The van der Waals surface area contributed by atoms with E-state index in [9.17, 15) is 14.4 Å². The van der Waals surface area contributed by atoms with Gasteiger partial charge in [0.05, 0.1) is 0 Å². The topological polar surface area (TPSA) is 78.9 Å². The van der Waals surface area contributed by atoms with E-state index >= 15 is 0 Å². The number of rotatable bonds is 66. The van der Waals surface area contributed by atoms with Crippen LogP contribution in [0.5, 0.6) is 0 Å². The molecule has 77 heavy (non-hydrogen) atoms. The van der Waals surface area contributed by atoms with Gasteiger partial charge in [-0.2, -0.15) is 0 Å². The van der Waals surface area contributed by atoms with E-state index in [1.165, 1.54) is 308 Å². The van der Waals surface area contributed by atoms with Gasteiger partial charge in [-0.15, -0.1) is 0 Å².